The minimum absolute atomic E-state index is 0.160. The number of carboxylic acids is 1. The van der Waals surface area contributed by atoms with Gasteiger partial charge in [0.15, 0.2) is 0 Å². The van der Waals surface area contributed by atoms with Crippen LogP contribution in [0, 0.1) is 5.92 Å². The van der Waals surface area contributed by atoms with Gasteiger partial charge < -0.3 is 10.2 Å². The fraction of sp³-hybridized carbons (Fsp3) is 0.500. The first kappa shape index (κ1) is 14.0. The SMILES string of the molecule is CC(C)C(C)(O)CSc1ccc(C(=O)O)cn1. The van der Waals surface area contributed by atoms with Gasteiger partial charge in [-0.2, -0.15) is 0 Å². The predicted molar refractivity (Wildman–Crippen MR) is 67.4 cm³/mol. The number of aromatic nitrogens is 1. The summed E-state index contributed by atoms with van der Waals surface area (Å²) in [5.41, 5.74) is -0.581. The maximum atomic E-state index is 10.6. The second-order valence-corrected chi connectivity index (χ2v) is 5.49. The molecule has 0 fully saturated rings. The van der Waals surface area contributed by atoms with Gasteiger partial charge in [0.2, 0.25) is 0 Å². The molecule has 0 saturated heterocycles. The van der Waals surface area contributed by atoms with E-state index in [4.69, 9.17) is 5.11 Å². The van der Waals surface area contributed by atoms with Crippen molar-refractivity contribution in [2.45, 2.75) is 31.4 Å². The van der Waals surface area contributed by atoms with Crippen LogP contribution in [0.4, 0.5) is 0 Å². The minimum Gasteiger partial charge on any atom is -0.478 e. The normalized spacial score (nSPS) is 14.6. The third-order valence-electron chi connectivity index (χ3n) is 2.74. The highest BCUT2D eigenvalue weighted by Crippen LogP contribution is 2.25. The molecule has 4 nitrogen and oxygen atoms in total. The number of aromatic carboxylic acids is 1. The van der Waals surface area contributed by atoms with E-state index in [9.17, 15) is 9.90 Å². The van der Waals surface area contributed by atoms with Crippen LogP contribution in [-0.4, -0.2) is 32.5 Å². The largest absolute Gasteiger partial charge is 0.478 e. The lowest BCUT2D eigenvalue weighted by molar-refractivity contribution is 0.0376. The molecular weight excluding hydrogens is 238 g/mol. The van der Waals surface area contributed by atoms with Gasteiger partial charge in [-0.15, -0.1) is 11.8 Å². The van der Waals surface area contributed by atoms with Gasteiger partial charge in [0.1, 0.15) is 0 Å². The smallest absolute Gasteiger partial charge is 0.337 e. The summed E-state index contributed by atoms with van der Waals surface area (Å²) in [7, 11) is 0. The van der Waals surface area contributed by atoms with E-state index >= 15 is 0 Å². The summed E-state index contributed by atoms with van der Waals surface area (Å²) in [5, 5.41) is 19.5. The van der Waals surface area contributed by atoms with Crippen molar-refractivity contribution >= 4 is 17.7 Å². The van der Waals surface area contributed by atoms with Gasteiger partial charge in [0.25, 0.3) is 0 Å². The van der Waals surface area contributed by atoms with Crippen LogP contribution >= 0.6 is 11.8 Å². The highest BCUT2D eigenvalue weighted by Gasteiger charge is 2.25. The second kappa shape index (κ2) is 5.51. The Morgan fingerprint density at radius 3 is 2.59 bits per heavy atom. The first-order chi connectivity index (χ1) is 7.83. The van der Waals surface area contributed by atoms with Gasteiger partial charge in [-0.3, -0.25) is 0 Å². The van der Waals surface area contributed by atoms with Crippen LogP contribution in [-0.2, 0) is 0 Å². The molecule has 94 valence electrons. The predicted octanol–water partition coefficient (Wildman–Crippen LogP) is 2.28. The molecule has 0 aliphatic carbocycles. The van der Waals surface area contributed by atoms with E-state index < -0.39 is 11.6 Å². The van der Waals surface area contributed by atoms with Crippen molar-refractivity contribution in [3.05, 3.63) is 23.9 Å². The van der Waals surface area contributed by atoms with Crippen molar-refractivity contribution in [2.24, 2.45) is 5.92 Å². The summed E-state index contributed by atoms with van der Waals surface area (Å²) in [5.74, 6) is -0.291. The minimum atomic E-state index is -0.983. The van der Waals surface area contributed by atoms with Gasteiger partial charge in [-0.05, 0) is 25.0 Å². The monoisotopic (exact) mass is 255 g/mol. The van der Waals surface area contributed by atoms with Crippen molar-refractivity contribution in [3.8, 4) is 0 Å². The molecule has 1 aromatic heterocycles. The van der Waals surface area contributed by atoms with Crippen molar-refractivity contribution in [2.75, 3.05) is 5.75 Å². The lowest BCUT2D eigenvalue weighted by Gasteiger charge is -2.26. The fourth-order valence-corrected chi connectivity index (χ4v) is 2.04. The number of aliphatic hydroxyl groups is 1. The molecule has 1 aromatic rings. The van der Waals surface area contributed by atoms with Gasteiger partial charge in [0.05, 0.1) is 16.2 Å². The lowest BCUT2D eigenvalue weighted by Crippen LogP contribution is -2.33. The van der Waals surface area contributed by atoms with Crippen molar-refractivity contribution in [1.82, 2.24) is 4.98 Å². The molecule has 5 heteroatoms. The Kier molecular flexibility index (Phi) is 4.54. The molecule has 0 aromatic carbocycles. The van der Waals surface area contributed by atoms with Crippen LogP contribution in [0.15, 0.2) is 23.4 Å². The van der Waals surface area contributed by atoms with Crippen molar-refractivity contribution in [1.29, 1.82) is 0 Å². The summed E-state index contributed by atoms with van der Waals surface area (Å²) in [6, 6.07) is 3.17. The van der Waals surface area contributed by atoms with Gasteiger partial charge in [0, 0.05) is 11.9 Å². The average molecular weight is 255 g/mol. The Morgan fingerprint density at radius 2 is 2.18 bits per heavy atom. The van der Waals surface area contributed by atoms with E-state index in [2.05, 4.69) is 4.98 Å². The molecule has 0 spiro atoms. The zero-order valence-electron chi connectivity index (χ0n) is 10.2. The second-order valence-electron chi connectivity index (χ2n) is 4.49. The molecule has 1 rings (SSSR count). The molecule has 1 unspecified atom stereocenters. The first-order valence-corrected chi connectivity index (χ1v) is 6.36. The standard InChI is InChI=1S/C12H17NO3S/c1-8(2)12(3,16)7-17-10-5-4-9(6-13-10)11(14)15/h4-6,8,16H,7H2,1-3H3,(H,14,15). The van der Waals surface area contributed by atoms with Crippen molar-refractivity contribution < 1.29 is 15.0 Å². The Bertz CT molecular complexity index is 387. The molecule has 0 saturated carbocycles. The summed E-state index contributed by atoms with van der Waals surface area (Å²) in [6.07, 6.45) is 1.33. The zero-order valence-corrected chi connectivity index (χ0v) is 11.0. The Morgan fingerprint density at radius 1 is 1.53 bits per heavy atom. The maximum Gasteiger partial charge on any atom is 0.337 e. The van der Waals surface area contributed by atoms with E-state index in [1.807, 2.05) is 13.8 Å². The van der Waals surface area contributed by atoms with Crippen LogP contribution in [0.25, 0.3) is 0 Å². The van der Waals surface area contributed by atoms with E-state index in [-0.39, 0.29) is 11.5 Å². The molecule has 17 heavy (non-hydrogen) atoms. The molecule has 0 amide bonds. The van der Waals surface area contributed by atoms with Gasteiger partial charge in [-0.1, -0.05) is 13.8 Å². The quantitative estimate of drug-likeness (QED) is 0.790. The highest BCUT2D eigenvalue weighted by atomic mass is 32.2. The van der Waals surface area contributed by atoms with Crippen LogP contribution in [0.5, 0.6) is 0 Å². The number of carboxylic acid groups (broad SMARTS) is 1. The molecule has 0 radical (unpaired) electrons. The molecule has 2 N–H and O–H groups in total. The van der Waals surface area contributed by atoms with E-state index in [1.54, 1.807) is 13.0 Å². The fourth-order valence-electron chi connectivity index (χ4n) is 0.979. The highest BCUT2D eigenvalue weighted by molar-refractivity contribution is 7.99. The Hall–Kier alpha value is -1.07. The van der Waals surface area contributed by atoms with Crippen LogP contribution in [0.2, 0.25) is 0 Å². The number of rotatable bonds is 5. The molecule has 0 aliphatic heterocycles. The number of nitrogens with zero attached hydrogens (tertiary/aromatic N) is 1. The van der Waals surface area contributed by atoms with Crippen LogP contribution < -0.4 is 0 Å². The number of carbonyl (C=O) groups is 1. The molecule has 1 atom stereocenters. The number of thioether (sulfide) groups is 1. The third kappa shape index (κ3) is 4.02. The number of hydrogen-bond acceptors (Lipinski definition) is 4. The number of hydrogen-bond donors (Lipinski definition) is 2. The molecular formula is C12H17NO3S. The Labute approximate surface area is 105 Å². The van der Waals surface area contributed by atoms with Crippen molar-refractivity contribution in [3.63, 3.8) is 0 Å². The molecule has 1 heterocycles. The third-order valence-corrected chi connectivity index (χ3v) is 4.01. The maximum absolute atomic E-state index is 10.6. The van der Waals surface area contributed by atoms with Crippen LogP contribution in [0.3, 0.4) is 0 Å². The topological polar surface area (TPSA) is 70.4 Å². The lowest BCUT2D eigenvalue weighted by atomic mass is 9.95. The van der Waals surface area contributed by atoms with Gasteiger partial charge in [-0.25, -0.2) is 9.78 Å². The summed E-state index contributed by atoms with van der Waals surface area (Å²) in [4.78, 5) is 14.7. The van der Waals surface area contributed by atoms with Crippen LogP contribution in [0.1, 0.15) is 31.1 Å². The Balaban J connectivity index is 2.62. The van der Waals surface area contributed by atoms with Gasteiger partial charge >= 0.3 is 5.97 Å². The summed E-state index contributed by atoms with van der Waals surface area (Å²) >= 11 is 1.42. The summed E-state index contributed by atoms with van der Waals surface area (Å²) in [6.45, 7) is 5.71. The average Bonchev–Trinajstić information content (AvgIpc) is 2.27. The molecule has 0 bridgehead atoms. The molecule has 0 aliphatic rings. The zero-order chi connectivity index (χ0) is 13.1. The number of pyridine rings is 1. The van der Waals surface area contributed by atoms with E-state index in [1.165, 1.54) is 24.0 Å². The van der Waals surface area contributed by atoms with E-state index in [0.717, 1.165) is 5.03 Å². The summed E-state index contributed by atoms with van der Waals surface area (Å²) < 4.78 is 0. The first-order valence-electron chi connectivity index (χ1n) is 5.37. The van der Waals surface area contributed by atoms with E-state index in [0.29, 0.717) is 5.75 Å².